The van der Waals surface area contributed by atoms with Crippen LogP contribution < -0.4 is 5.32 Å². The third-order valence-electron chi connectivity index (χ3n) is 5.42. The maximum Gasteiger partial charge on any atom is 0.312 e. The molecule has 0 saturated heterocycles. The van der Waals surface area contributed by atoms with Crippen LogP contribution in [0.3, 0.4) is 0 Å². The molecule has 4 heteroatoms. The number of nitrogens with one attached hydrogen (secondary N) is 1. The summed E-state index contributed by atoms with van der Waals surface area (Å²) in [4.78, 5) is 23.6. The Morgan fingerprint density at radius 3 is 2.48 bits per heavy atom. The highest BCUT2D eigenvalue weighted by Gasteiger charge is 2.39. The van der Waals surface area contributed by atoms with E-state index >= 15 is 0 Å². The maximum atomic E-state index is 12.2. The highest BCUT2D eigenvalue weighted by molar-refractivity contribution is 5.80. The monoisotopic (exact) mass is 289 g/mol. The number of carboxylic acid groups (broad SMARTS) is 1. The van der Waals surface area contributed by atoms with E-state index in [2.05, 4.69) is 17.5 Å². The number of carbonyl (C=O) groups is 2. The van der Waals surface area contributed by atoms with E-state index < -0.39 is 11.4 Å². The van der Waals surface area contributed by atoms with Crippen molar-refractivity contribution in [3.8, 4) is 0 Å². The van der Waals surface area contributed by atoms with Crippen LogP contribution in [0.5, 0.6) is 0 Å². The molecule has 21 heavy (non-hydrogen) atoms. The summed E-state index contributed by atoms with van der Waals surface area (Å²) < 4.78 is 0. The summed E-state index contributed by atoms with van der Waals surface area (Å²) in [5.41, 5.74) is -0.818. The van der Waals surface area contributed by atoms with Gasteiger partial charge in [0.15, 0.2) is 0 Å². The molecular formula is C17H23NO3. The zero-order valence-corrected chi connectivity index (χ0v) is 12.3. The Kier molecular flexibility index (Phi) is 3.87. The van der Waals surface area contributed by atoms with E-state index in [9.17, 15) is 14.7 Å². The van der Waals surface area contributed by atoms with Crippen LogP contribution in [-0.4, -0.2) is 23.5 Å². The molecule has 4 aliphatic carbocycles. The lowest BCUT2D eigenvalue weighted by molar-refractivity contribution is -0.148. The van der Waals surface area contributed by atoms with Gasteiger partial charge in [0.1, 0.15) is 0 Å². The van der Waals surface area contributed by atoms with Crippen LogP contribution in [0.15, 0.2) is 24.3 Å². The summed E-state index contributed by atoms with van der Waals surface area (Å²) >= 11 is 0. The average Bonchev–Trinajstić information content (AvgIpc) is 2.97. The second-order valence-electron chi connectivity index (χ2n) is 6.83. The molecule has 3 atom stereocenters. The number of hydrogen-bond donors (Lipinski definition) is 2. The Hall–Kier alpha value is -1.58. The molecule has 0 radical (unpaired) electrons. The van der Waals surface area contributed by atoms with Crippen LogP contribution in [0, 0.1) is 23.2 Å². The lowest BCUT2D eigenvalue weighted by Gasteiger charge is -2.37. The summed E-state index contributed by atoms with van der Waals surface area (Å²) in [6.07, 6.45) is 13.5. The van der Waals surface area contributed by atoms with E-state index in [4.69, 9.17) is 0 Å². The van der Waals surface area contributed by atoms with Gasteiger partial charge in [0.05, 0.1) is 5.41 Å². The molecule has 2 N–H and O–H groups in total. The molecule has 0 spiro atoms. The number of fused-ring (bicyclic) bond motifs is 2. The summed E-state index contributed by atoms with van der Waals surface area (Å²) in [6, 6.07) is 0. The van der Waals surface area contributed by atoms with Crippen molar-refractivity contribution in [2.75, 3.05) is 6.54 Å². The van der Waals surface area contributed by atoms with Crippen LogP contribution in [0.2, 0.25) is 0 Å². The lowest BCUT2D eigenvalue weighted by Crippen LogP contribution is -2.42. The minimum Gasteiger partial charge on any atom is -0.481 e. The molecule has 4 nitrogen and oxygen atoms in total. The van der Waals surface area contributed by atoms with Gasteiger partial charge >= 0.3 is 5.97 Å². The van der Waals surface area contributed by atoms with Crippen molar-refractivity contribution in [2.24, 2.45) is 23.2 Å². The summed E-state index contributed by atoms with van der Waals surface area (Å²) in [6.45, 7) is 0.241. The molecular weight excluding hydrogens is 266 g/mol. The maximum absolute atomic E-state index is 12.2. The van der Waals surface area contributed by atoms with Gasteiger partial charge in [0.25, 0.3) is 0 Å². The highest BCUT2D eigenvalue weighted by Crippen LogP contribution is 2.42. The van der Waals surface area contributed by atoms with Crippen molar-refractivity contribution >= 4 is 11.9 Å². The molecule has 4 aliphatic rings. The number of rotatable bonds is 5. The second-order valence-corrected chi connectivity index (χ2v) is 6.83. The van der Waals surface area contributed by atoms with Gasteiger partial charge < -0.3 is 10.4 Å². The molecule has 0 unspecified atom stereocenters. The van der Waals surface area contributed by atoms with Gasteiger partial charge in [-0.15, -0.1) is 0 Å². The summed E-state index contributed by atoms with van der Waals surface area (Å²) in [5, 5.41) is 12.3. The third kappa shape index (κ3) is 2.89. The quantitative estimate of drug-likeness (QED) is 0.764. The van der Waals surface area contributed by atoms with Gasteiger partial charge in [-0.05, 0) is 49.9 Å². The first-order valence-electron chi connectivity index (χ1n) is 7.92. The van der Waals surface area contributed by atoms with E-state index in [0.29, 0.717) is 37.0 Å². The molecule has 0 heterocycles. The fraction of sp³-hybridized carbons (Fsp3) is 0.647. The van der Waals surface area contributed by atoms with Crippen molar-refractivity contribution in [3.63, 3.8) is 0 Å². The first-order valence-corrected chi connectivity index (χ1v) is 7.92. The molecule has 0 aromatic rings. The van der Waals surface area contributed by atoms with Gasteiger partial charge in [-0.2, -0.15) is 0 Å². The summed E-state index contributed by atoms with van der Waals surface area (Å²) in [5.74, 6) is 0.830. The number of carboxylic acids is 1. The Morgan fingerprint density at radius 1 is 1.19 bits per heavy atom. The van der Waals surface area contributed by atoms with Crippen LogP contribution in [0.25, 0.3) is 0 Å². The molecule has 0 aliphatic heterocycles. The van der Waals surface area contributed by atoms with Crippen molar-refractivity contribution in [3.05, 3.63) is 24.3 Å². The predicted molar refractivity (Wildman–Crippen MR) is 79.5 cm³/mol. The topological polar surface area (TPSA) is 66.4 Å². The Bertz CT molecular complexity index is 486. The highest BCUT2D eigenvalue weighted by atomic mass is 16.4. The van der Waals surface area contributed by atoms with Crippen LogP contribution in [0.4, 0.5) is 0 Å². The normalized spacial score (nSPS) is 32.3. The van der Waals surface area contributed by atoms with E-state index in [1.54, 1.807) is 0 Å². The van der Waals surface area contributed by atoms with Crippen molar-refractivity contribution < 1.29 is 14.7 Å². The first kappa shape index (κ1) is 14.4. The zero-order chi connectivity index (χ0) is 14.9. The molecule has 1 fully saturated rings. The molecule has 0 aromatic carbocycles. The largest absolute Gasteiger partial charge is 0.481 e. The minimum atomic E-state index is -0.818. The Balaban J connectivity index is 1.51. The smallest absolute Gasteiger partial charge is 0.312 e. The average molecular weight is 289 g/mol. The van der Waals surface area contributed by atoms with Gasteiger partial charge in [0.2, 0.25) is 5.91 Å². The predicted octanol–water partition coefficient (Wildman–Crippen LogP) is 2.52. The van der Waals surface area contributed by atoms with Crippen molar-refractivity contribution in [1.29, 1.82) is 0 Å². The van der Waals surface area contributed by atoms with Crippen LogP contribution in [0.1, 0.15) is 38.5 Å². The molecule has 0 aromatic heterocycles. The van der Waals surface area contributed by atoms with Gasteiger partial charge in [-0.3, -0.25) is 9.59 Å². The molecule has 1 amide bonds. The fourth-order valence-corrected chi connectivity index (χ4v) is 3.96. The Morgan fingerprint density at radius 2 is 1.95 bits per heavy atom. The van der Waals surface area contributed by atoms with Crippen molar-refractivity contribution in [2.45, 2.75) is 38.5 Å². The Labute approximate surface area is 125 Å². The van der Waals surface area contributed by atoms with Gasteiger partial charge in [-0.25, -0.2) is 0 Å². The van der Waals surface area contributed by atoms with E-state index in [1.807, 2.05) is 12.2 Å². The van der Waals surface area contributed by atoms with E-state index in [0.717, 1.165) is 6.42 Å². The first-order chi connectivity index (χ1) is 10.1. The SMILES string of the molecule is O=C(C[C@@H]1C[C@@H]2C=C[C@H]1CC2)NCC1(C(=O)O)CC=CC1. The molecule has 4 rings (SSSR count). The van der Waals surface area contributed by atoms with Gasteiger partial charge in [-0.1, -0.05) is 24.3 Å². The van der Waals surface area contributed by atoms with Crippen molar-refractivity contribution in [1.82, 2.24) is 5.32 Å². The number of allylic oxidation sites excluding steroid dienone is 4. The molecule has 114 valence electrons. The lowest BCUT2D eigenvalue weighted by atomic mass is 9.68. The van der Waals surface area contributed by atoms with Gasteiger partial charge in [0, 0.05) is 13.0 Å². The number of carbonyl (C=O) groups excluding carboxylic acids is 1. The molecule has 2 bridgehead atoms. The van der Waals surface area contributed by atoms with E-state index in [1.165, 1.54) is 12.8 Å². The number of aliphatic carboxylic acids is 1. The minimum absolute atomic E-state index is 0.00785. The number of amides is 1. The summed E-state index contributed by atoms with van der Waals surface area (Å²) in [7, 11) is 0. The zero-order valence-electron chi connectivity index (χ0n) is 12.3. The van der Waals surface area contributed by atoms with E-state index in [-0.39, 0.29) is 12.5 Å². The second kappa shape index (κ2) is 5.66. The van der Waals surface area contributed by atoms with Crippen LogP contribution in [-0.2, 0) is 9.59 Å². The third-order valence-corrected chi connectivity index (χ3v) is 5.42. The number of hydrogen-bond acceptors (Lipinski definition) is 2. The fourth-order valence-electron chi connectivity index (χ4n) is 3.96. The molecule has 1 saturated carbocycles. The standard InChI is InChI=1S/C17H23NO3/c19-15(10-14-9-12-3-5-13(14)6-4-12)18-11-17(16(20)21)7-1-2-8-17/h1-3,5,12-14H,4,6-11H2,(H,18,19)(H,20,21)/t12-,13+,14+/m1/s1. The van der Waals surface area contributed by atoms with Crippen LogP contribution >= 0.6 is 0 Å².